The third kappa shape index (κ3) is 15.2. The van der Waals surface area contributed by atoms with E-state index in [1.165, 1.54) is 210 Å². The summed E-state index contributed by atoms with van der Waals surface area (Å²) in [5.74, 6) is 0. The number of nitrogens with zero attached hydrogens (tertiary/aromatic N) is 2. The first kappa shape index (κ1) is 66.6. The molecule has 1 aromatic carbocycles. The van der Waals surface area contributed by atoms with Gasteiger partial charge in [0.25, 0.3) is 0 Å². The normalized spacial score (nSPS) is 11.9. The predicted octanol–water partition coefficient (Wildman–Crippen LogP) is 28.6. The molecule has 12 heteroatoms. The van der Waals surface area contributed by atoms with Crippen molar-refractivity contribution < 1.29 is 0 Å². The molecule has 462 valence electrons. The number of fused-ring (bicyclic) bond motifs is 3. The Kier molecular flexibility index (Phi) is 24.1. The number of unbranched alkanes of at least 4 members (excludes halogenated alkanes) is 8. The lowest BCUT2D eigenvalue weighted by Crippen LogP contribution is -1.89. The second-order valence-corrected chi connectivity index (χ2v) is 36.2. The minimum atomic E-state index is 0.990. The van der Waals surface area contributed by atoms with Crippen LogP contribution in [0.5, 0.6) is 0 Å². The Labute approximate surface area is 585 Å². The largest absolute Gasteiger partial charge is 0.245 e. The van der Waals surface area contributed by atoms with Gasteiger partial charge in [-0.1, -0.05) is 131 Å². The van der Waals surface area contributed by atoms with Crippen molar-refractivity contribution >= 4 is 158 Å². The summed E-state index contributed by atoms with van der Waals surface area (Å²) in [6.07, 6.45) is 28.2. The maximum absolute atomic E-state index is 5.65. The van der Waals surface area contributed by atoms with Crippen LogP contribution in [0.4, 0.5) is 0 Å². The van der Waals surface area contributed by atoms with Crippen molar-refractivity contribution in [3.05, 3.63) is 135 Å². The Hall–Kier alpha value is -2.90. The number of halogens is 2. The van der Waals surface area contributed by atoms with Gasteiger partial charge in [-0.2, -0.15) is 0 Å². The lowest BCUT2D eigenvalue weighted by molar-refractivity contribution is 0.794. The second-order valence-electron chi connectivity index (χ2n) is 24.0. The molecular weight excluding hydrogens is 1450 g/mol. The first-order chi connectivity index (χ1) is 43.1. The van der Waals surface area contributed by atoms with Crippen LogP contribution < -0.4 is 0 Å². The highest BCUT2D eigenvalue weighted by Crippen LogP contribution is 2.53. The van der Waals surface area contributed by atoms with Gasteiger partial charge in [-0.3, -0.25) is 0 Å². The smallest absolute Gasteiger partial charge is 0.0972 e. The fourth-order valence-corrected chi connectivity index (χ4v) is 24.2. The lowest BCUT2D eigenvalue weighted by atomic mass is 10.0. The van der Waals surface area contributed by atoms with Crippen molar-refractivity contribution in [1.29, 1.82) is 0 Å². The average molecular weight is 1540 g/mol. The molecule has 0 amide bonds. The van der Waals surface area contributed by atoms with Gasteiger partial charge in [-0.25, -0.2) is 9.97 Å². The van der Waals surface area contributed by atoms with Crippen molar-refractivity contribution in [3.63, 3.8) is 0 Å². The molecule has 0 atom stereocenters. The topological polar surface area (TPSA) is 25.8 Å². The summed E-state index contributed by atoms with van der Waals surface area (Å²) in [7, 11) is 0. The highest BCUT2D eigenvalue weighted by Gasteiger charge is 2.26. The van der Waals surface area contributed by atoms with E-state index >= 15 is 0 Å². The van der Waals surface area contributed by atoms with E-state index in [1.807, 2.05) is 45.3 Å². The number of aryl methyl sites for hydroxylation is 8. The molecule has 0 saturated heterocycles. The minimum absolute atomic E-state index is 0.990. The Bertz CT molecular complexity index is 3840. The monoisotopic (exact) mass is 1540 g/mol. The Morgan fingerprint density at radius 1 is 0.261 bits per heavy atom. The zero-order valence-corrected chi connectivity index (χ0v) is 63.8. The van der Waals surface area contributed by atoms with Crippen molar-refractivity contribution in [2.75, 3.05) is 0 Å². The molecule has 0 spiro atoms. The van der Waals surface area contributed by atoms with E-state index in [2.05, 4.69) is 231 Å². The number of benzene rings is 1. The van der Waals surface area contributed by atoms with E-state index < -0.39 is 0 Å². The molecule has 11 aromatic rings. The summed E-state index contributed by atoms with van der Waals surface area (Å²) in [4.78, 5) is 31.5. The molecule has 10 aromatic heterocycles. The van der Waals surface area contributed by atoms with Gasteiger partial charge in [0.2, 0.25) is 0 Å². The molecule has 10 heterocycles. The lowest BCUT2D eigenvalue weighted by Gasteiger charge is -2.06. The van der Waals surface area contributed by atoms with E-state index in [0.29, 0.717) is 0 Å². The van der Waals surface area contributed by atoms with E-state index in [-0.39, 0.29) is 0 Å². The number of hydrogen-bond donors (Lipinski definition) is 0. The van der Waals surface area contributed by atoms with E-state index in [1.54, 1.807) is 11.1 Å². The number of rotatable bonds is 32. The summed E-state index contributed by atoms with van der Waals surface area (Å²) in [6.45, 7) is 18.7. The van der Waals surface area contributed by atoms with Gasteiger partial charge < -0.3 is 0 Å². The first-order valence-electron chi connectivity index (χ1n) is 33.1. The van der Waals surface area contributed by atoms with Crippen molar-refractivity contribution in [2.45, 2.75) is 209 Å². The van der Waals surface area contributed by atoms with Crippen LogP contribution in [0.3, 0.4) is 0 Å². The molecule has 88 heavy (non-hydrogen) atoms. The zero-order chi connectivity index (χ0) is 61.3. The number of hydrogen-bond acceptors (Lipinski definition) is 10. The van der Waals surface area contributed by atoms with Crippen LogP contribution in [-0.4, -0.2) is 9.97 Å². The molecule has 0 aliphatic rings. The van der Waals surface area contributed by atoms with Gasteiger partial charge in [-0.15, -0.1) is 90.7 Å². The maximum atomic E-state index is 5.65. The molecule has 0 radical (unpaired) electrons. The molecule has 0 aliphatic carbocycles. The summed E-state index contributed by atoms with van der Waals surface area (Å²) in [5.41, 5.74) is 16.2. The van der Waals surface area contributed by atoms with Gasteiger partial charge in [0.15, 0.2) is 0 Å². The molecule has 0 fully saturated rings. The SMILES string of the molecule is CCCCc1cc(I)sc1-c1cc(CCCC)c(-c2sc(-c3sc(-c4ccc5ccc6ccc(-c7cc(CCCC)c(-c8cc(CCCC)c(-c9sc(-c%10sc(I)cc%10CCCC)cc9CCCC)s8)s7)nc6c5n4)cc3CCCC)cc2CCCC)s1. The second kappa shape index (κ2) is 31.8. The summed E-state index contributed by atoms with van der Waals surface area (Å²) in [5, 5.41) is 2.28. The summed E-state index contributed by atoms with van der Waals surface area (Å²) in [6, 6.07) is 33.9. The minimum Gasteiger partial charge on any atom is -0.245 e. The molecule has 0 bridgehead atoms. The fourth-order valence-electron chi connectivity index (χ4n) is 12.1. The maximum Gasteiger partial charge on any atom is 0.0972 e. The highest BCUT2D eigenvalue weighted by molar-refractivity contribution is 14.1. The van der Waals surface area contributed by atoms with Crippen LogP contribution in [0, 0.1) is 5.77 Å². The van der Waals surface area contributed by atoms with Gasteiger partial charge in [0.05, 0.1) is 37.9 Å². The zero-order valence-electron chi connectivity index (χ0n) is 53.0. The van der Waals surface area contributed by atoms with Crippen LogP contribution in [0.25, 0.3) is 101 Å². The van der Waals surface area contributed by atoms with Crippen LogP contribution in [0.1, 0.15) is 203 Å². The molecule has 2 nitrogen and oxygen atoms in total. The van der Waals surface area contributed by atoms with Crippen LogP contribution in [0.15, 0.2) is 84.9 Å². The van der Waals surface area contributed by atoms with Gasteiger partial charge in [0, 0.05) is 69.3 Å². The third-order valence-electron chi connectivity index (χ3n) is 17.1. The standard InChI is InChI=1S/C76H86I2N2S8/c1-9-17-25-49-39-59(81-69(49)61-41-51(27-19-11-3)73(83-61)75-53(29-21-13-5)43-63(85-75)71-55(31-23-15-7)45-65(77)87-71)57-37-35-47-33-34-48-36-38-58(80-68(48)67(47)79-57)60-40-50(26-18-10-2)70(82-60)62-42-52(28-20-12-4)74(84-62)76-54(30-22-14-6)44-64(86-76)72-56(32-24-16-8)46-66(78)88-72/h33-46H,9-32H2,1-8H3. The Morgan fingerprint density at radius 2 is 0.477 bits per heavy atom. The van der Waals surface area contributed by atoms with Crippen molar-refractivity contribution in [2.24, 2.45) is 0 Å². The van der Waals surface area contributed by atoms with Gasteiger partial charge >= 0.3 is 0 Å². The average Bonchev–Trinajstić information content (AvgIpc) is 1.60. The van der Waals surface area contributed by atoms with E-state index in [9.17, 15) is 0 Å². The van der Waals surface area contributed by atoms with Gasteiger partial charge in [0.1, 0.15) is 0 Å². The fraction of sp³-hybridized carbons (Fsp3) is 0.421. The van der Waals surface area contributed by atoms with Crippen molar-refractivity contribution in [1.82, 2.24) is 9.97 Å². The molecular formula is C76H86I2N2S8. The van der Waals surface area contributed by atoms with Crippen molar-refractivity contribution in [3.8, 4) is 79.7 Å². The van der Waals surface area contributed by atoms with Crippen LogP contribution in [0.2, 0.25) is 0 Å². The molecule has 0 N–H and O–H groups in total. The Balaban J connectivity index is 0.966. The van der Waals surface area contributed by atoms with Crippen LogP contribution >= 0.6 is 136 Å². The first-order valence-corrected chi connectivity index (χ1v) is 41.8. The molecule has 0 saturated carbocycles. The number of aromatic nitrogens is 2. The Morgan fingerprint density at radius 3 is 0.750 bits per heavy atom. The number of thiophene rings is 8. The molecule has 0 unspecified atom stereocenters. The molecule has 11 rings (SSSR count). The third-order valence-corrected chi connectivity index (χ3v) is 29.2. The molecule has 0 aliphatic heterocycles. The van der Waals surface area contributed by atoms with Crippen LogP contribution in [-0.2, 0) is 51.4 Å². The number of pyridine rings is 2. The quantitative estimate of drug-likeness (QED) is 0.0310. The predicted molar refractivity (Wildman–Crippen MR) is 418 cm³/mol. The van der Waals surface area contributed by atoms with E-state index in [4.69, 9.17) is 9.97 Å². The summed E-state index contributed by atoms with van der Waals surface area (Å²) < 4.78 is 2.80. The van der Waals surface area contributed by atoms with E-state index in [0.717, 1.165) is 84.6 Å². The van der Waals surface area contributed by atoms with Gasteiger partial charge in [-0.05, 0) is 253 Å². The highest BCUT2D eigenvalue weighted by atomic mass is 127. The summed E-state index contributed by atoms with van der Waals surface area (Å²) >= 11 is 21.3.